The maximum atomic E-state index is 12.8. The Kier molecular flexibility index (Phi) is 3.36. The number of hydrogen-bond acceptors (Lipinski definition) is 1. The van der Waals surface area contributed by atoms with Crippen LogP contribution in [-0.4, -0.2) is 13.6 Å². The molecular weight excluding hydrogens is 228 g/mol. The van der Waals surface area contributed by atoms with Crippen LogP contribution in [0.15, 0.2) is 18.2 Å². The molecule has 0 aromatic heterocycles. The third kappa shape index (κ3) is 3.41. The molecule has 17 heavy (non-hydrogen) atoms. The van der Waals surface area contributed by atoms with Gasteiger partial charge in [0.1, 0.15) is 0 Å². The Hall–Kier alpha value is -1.13. The smallest absolute Gasteiger partial charge is 0.497 e. The number of benzene rings is 1. The van der Waals surface area contributed by atoms with Gasteiger partial charge in [-0.3, -0.25) is 0 Å². The lowest BCUT2D eigenvalue weighted by Gasteiger charge is -2.20. The summed E-state index contributed by atoms with van der Waals surface area (Å²) in [5.74, 6) is 0.643. The number of halogens is 3. The van der Waals surface area contributed by atoms with Crippen molar-refractivity contribution in [2.45, 2.75) is 26.2 Å². The predicted octanol–water partition coefficient (Wildman–Crippen LogP) is 3.23. The third-order valence-electron chi connectivity index (χ3n) is 3.00. The molecule has 1 aliphatic carbocycles. The van der Waals surface area contributed by atoms with Gasteiger partial charge in [-0.25, -0.2) is 0 Å². The van der Waals surface area contributed by atoms with Gasteiger partial charge in [-0.2, -0.15) is 0 Å². The van der Waals surface area contributed by atoms with Gasteiger partial charge in [0.15, 0.2) is 0 Å². The maximum absolute atomic E-state index is 12.8. The van der Waals surface area contributed by atoms with Gasteiger partial charge in [0.05, 0.1) is 12.4 Å². The van der Waals surface area contributed by atoms with Crippen LogP contribution in [0.2, 0.25) is 0 Å². The minimum atomic E-state index is -5.00. The van der Waals surface area contributed by atoms with E-state index in [0.29, 0.717) is 18.1 Å². The summed E-state index contributed by atoms with van der Waals surface area (Å²) in [5.41, 5.74) is -0.00506. The first-order valence-electron chi connectivity index (χ1n) is 5.90. The van der Waals surface area contributed by atoms with Gasteiger partial charge < -0.3 is 17.7 Å². The van der Waals surface area contributed by atoms with Gasteiger partial charge in [-0.15, -0.1) is 0 Å². The van der Waals surface area contributed by atoms with Crippen LogP contribution in [-0.2, 0) is 0 Å². The Morgan fingerprint density at radius 3 is 2.59 bits per heavy atom. The monoisotopic (exact) mass is 243 g/mol. The summed E-state index contributed by atoms with van der Waals surface area (Å²) in [6.45, 7) is -2.96. The molecule has 5 heteroatoms. The first kappa shape index (κ1) is 12.3. The van der Waals surface area contributed by atoms with Crippen molar-refractivity contribution in [1.82, 2.24) is 0 Å². The maximum Gasteiger partial charge on any atom is 0.513 e. The van der Waals surface area contributed by atoms with Crippen LogP contribution < -0.4 is 10.2 Å². The van der Waals surface area contributed by atoms with Crippen LogP contribution >= 0.6 is 0 Å². The molecule has 0 spiro atoms. The molecule has 0 atom stereocenters. The van der Waals surface area contributed by atoms with Crippen LogP contribution in [0, 0.1) is 12.8 Å². The molecule has 1 aliphatic rings. The van der Waals surface area contributed by atoms with E-state index >= 15 is 0 Å². The van der Waals surface area contributed by atoms with E-state index in [2.05, 4.69) is 0 Å². The van der Waals surface area contributed by atoms with Gasteiger partial charge in [-0.05, 0) is 25.3 Å². The normalized spacial score (nSPS) is 16.0. The van der Waals surface area contributed by atoms with Crippen molar-refractivity contribution in [3.05, 3.63) is 23.8 Å². The Labute approximate surface area is 99.0 Å². The molecule has 1 aromatic carbocycles. The van der Waals surface area contributed by atoms with Crippen molar-refractivity contribution in [3.8, 4) is 5.75 Å². The van der Waals surface area contributed by atoms with E-state index in [1.54, 1.807) is 13.0 Å². The fourth-order valence-corrected chi connectivity index (χ4v) is 1.80. The molecule has 94 valence electrons. The zero-order valence-corrected chi connectivity index (χ0v) is 9.76. The lowest BCUT2D eigenvalue weighted by Crippen LogP contribution is -2.35. The molecular formula is C12H15BF3O-. The molecule has 1 aromatic rings. The Morgan fingerprint density at radius 1 is 1.29 bits per heavy atom. The first-order chi connectivity index (χ1) is 7.97. The predicted molar refractivity (Wildman–Crippen MR) is 62.7 cm³/mol. The second-order valence-corrected chi connectivity index (χ2v) is 4.70. The van der Waals surface area contributed by atoms with E-state index in [1.807, 2.05) is 0 Å². The standard InChI is InChI=1S/C12H15BF3O/c1-9-2-5-12(11(8-9)13(14,15)16)17-7-6-10-3-4-10/h2,5,8,10H,3-4,6-7H2,1H3/q-1. The van der Waals surface area contributed by atoms with Gasteiger partial charge in [0.25, 0.3) is 0 Å². The van der Waals surface area contributed by atoms with E-state index in [4.69, 9.17) is 4.74 Å². The molecule has 0 N–H and O–H groups in total. The largest absolute Gasteiger partial charge is 0.513 e. The van der Waals surface area contributed by atoms with Crippen molar-refractivity contribution in [1.29, 1.82) is 0 Å². The first-order valence-corrected chi connectivity index (χ1v) is 5.90. The lowest BCUT2D eigenvalue weighted by atomic mass is 9.78. The average Bonchev–Trinajstić information content (AvgIpc) is 3.02. The Balaban J connectivity index is 2.08. The molecule has 0 bridgehead atoms. The summed E-state index contributed by atoms with van der Waals surface area (Å²) in [4.78, 5) is 0. The van der Waals surface area contributed by atoms with Crippen LogP contribution in [0.3, 0.4) is 0 Å². The van der Waals surface area contributed by atoms with Gasteiger partial charge >= 0.3 is 6.98 Å². The molecule has 0 heterocycles. The molecule has 0 saturated heterocycles. The number of ether oxygens (including phenoxy) is 1. The minimum Gasteiger partial charge on any atom is -0.497 e. The Bertz CT molecular complexity index is 399. The number of aryl methyl sites for hydroxylation is 1. The SMILES string of the molecule is Cc1ccc(OCCC2CC2)c([B-](F)(F)F)c1. The molecule has 1 fully saturated rings. The molecule has 1 nitrogen and oxygen atoms in total. The lowest BCUT2D eigenvalue weighted by molar-refractivity contribution is 0.303. The van der Waals surface area contributed by atoms with Crippen molar-refractivity contribution in [2.75, 3.05) is 6.61 Å². The van der Waals surface area contributed by atoms with Crippen molar-refractivity contribution in [2.24, 2.45) is 5.92 Å². The third-order valence-corrected chi connectivity index (χ3v) is 3.00. The topological polar surface area (TPSA) is 9.23 Å². The highest BCUT2D eigenvalue weighted by Gasteiger charge is 2.29. The molecule has 0 radical (unpaired) electrons. The molecule has 2 rings (SSSR count). The second kappa shape index (κ2) is 4.63. The molecule has 0 amide bonds. The van der Waals surface area contributed by atoms with Gasteiger partial charge in [-0.1, -0.05) is 36.0 Å². The van der Waals surface area contributed by atoms with E-state index < -0.39 is 12.4 Å². The molecule has 1 saturated carbocycles. The summed E-state index contributed by atoms with van der Waals surface area (Å²) >= 11 is 0. The summed E-state index contributed by atoms with van der Waals surface area (Å²) in [7, 11) is 0. The van der Waals surface area contributed by atoms with Gasteiger partial charge in [0.2, 0.25) is 0 Å². The van der Waals surface area contributed by atoms with Crippen molar-refractivity contribution < 1.29 is 17.7 Å². The van der Waals surface area contributed by atoms with E-state index in [-0.39, 0.29) is 5.75 Å². The highest BCUT2D eigenvalue weighted by Crippen LogP contribution is 2.32. The molecule has 0 unspecified atom stereocenters. The van der Waals surface area contributed by atoms with Crippen molar-refractivity contribution >= 4 is 12.4 Å². The zero-order valence-electron chi connectivity index (χ0n) is 9.76. The van der Waals surface area contributed by atoms with Crippen LogP contribution in [0.4, 0.5) is 12.9 Å². The van der Waals surface area contributed by atoms with E-state index in [9.17, 15) is 12.9 Å². The van der Waals surface area contributed by atoms with Crippen molar-refractivity contribution in [3.63, 3.8) is 0 Å². The van der Waals surface area contributed by atoms with E-state index in [1.165, 1.54) is 18.9 Å². The highest BCUT2D eigenvalue weighted by molar-refractivity contribution is 6.74. The summed E-state index contributed by atoms with van der Waals surface area (Å²) in [6.07, 6.45) is 3.23. The fourth-order valence-electron chi connectivity index (χ4n) is 1.80. The van der Waals surface area contributed by atoms with E-state index in [0.717, 1.165) is 12.5 Å². The zero-order chi connectivity index (χ0) is 12.5. The van der Waals surface area contributed by atoms with Crippen LogP contribution in [0.25, 0.3) is 0 Å². The summed E-state index contributed by atoms with van der Waals surface area (Å²) in [6, 6.07) is 4.23. The Morgan fingerprint density at radius 2 is 2.00 bits per heavy atom. The minimum absolute atomic E-state index is 0.0243. The van der Waals surface area contributed by atoms with Crippen LogP contribution in [0.5, 0.6) is 5.75 Å². The number of hydrogen-bond donors (Lipinski definition) is 0. The van der Waals surface area contributed by atoms with Gasteiger partial charge in [0, 0.05) is 0 Å². The van der Waals surface area contributed by atoms with Crippen LogP contribution in [0.1, 0.15) is 24.8 Å². The second-order valence-electron chi connectivity index (χ2n) is 4.70. The fraction of sp³-hybridized carbons (Fsp3) is 0.500. The molecule has 0 aliphatic heterocycles. The quantitative estimate of drug-likeness (QED) is 0.721. The summed E-state index contributed by atoms with van der Waals surface area (Å²) < 4.78 is 43.7. The highest BCUT2D eigenvalue weighted by atomic mass is 19.4. The number of rotatable bonds is 5. The average molecular weight is 243 g/mol. The summed E-state index contributed by atoms with van der Waals surface area (Å²) in [5, 5.41) is 0.